The average Bonchev–Trinajstić information content (AvgIpc) is 2.66. The maximum Gasteiger partial charge on any atom is 0.187 e. The molecule has 0 amide bonds. The molecular weight excluding hydrogens is 338 g/mol. The number of rotatable bonds is 4. The Morgan fingerprint density at radius 2 is 1.67 bits per heavy atom. The van der Waals surface area contributed by atoms with Gasteiger partial charge < -0.3 is 14.8 Å². The molecule has 0 atom stereocenters. The van der Waals surface area contributed by atoms with Crippen LogP contribution in [0.4, 0.5) is 0 Å². The largest absolute Gasteiger partial charge is 0.493 e. The van der Waals surface area contributed by atoms with Crippen LogP contribution in [-0.2, 0) is 11.8 Å². The van der Waals surface area contributed by atoms with Gasteiger partial charge in [0.1, 0.15) is 0 Å². The fourth-order valence-electron chi connectivity index (χ4n) is 3.28. The Labute approximate surface area is 161 Å². The molecule has 0 fully saturated rings. The van der Waals surface area contributed by atoms with Gasteiger partial charge in [0.05, 0.1) is 14.2 Å². The number of methoxy groups -OCH3 is 2. The maximum absolute atomic E-state index is 12.8. The van der Waals surface area contributed by atoms with E-state index in [1.54, 1.807) is 20.3 Å². The van der Waals surface area contributed by atoms with Gasteiger partial charge in [0, 0.05) is 29.4 Å². The van der Waals surface area contributed by atoms with Gasteiger partial charge in [-0.1, -0.05) is 45.0 Å². The molecule has 0 saturated heterocycles. The summed E-state index contributed by atoms with van der Waals surface area (Å²) in [6.07, 6.45) is 2.55. The normalized spacial score (nSPS) is 15.1. The fourth-order valence-corrected chi connectivity index (χ4v) is 3.28. The Morgan fingerprint density at radius 3 is 2.26 bits per heavy atom. The molecule has 27 heavy (non-hydrogen) atoms. The minimum atomic E-state index is -0.0133. The molecule has 4 nitrogen and oxygen atoms in total. The van der Waals surface area contributed by atoms with Gasteiger partial charge in [-0.2, -0.15) is 0 Å². The topological polar surface area (TPSA) is 47.6 Å². The van der Waals surface area contributed by atoms with Crippen molar-refractivity contribution in [2.45, 2.75) is 32.6 Å². The summed E-state index contributed by atoms with van der Waals surface area (Å²) in [6, 6.07) is 11.8. The molecule has 1 N–H and O–H groups in total. The number of carbonyl (C=O) groups is 1. The molecule has 142 valence electrons. The van der Waals surface area contributed by atoms with Gasteiger partial charge in [-0.05, 0) is 35.1 Å². The highest BCUT2D eigenvalue weighted by Gasteiger charge is 2.19. The first kappa shape index (κ1) is 19.0. The van der Waals surface area contributed by atoms with Crippen molar-refractivity contribution in [2.24, 2.45) is 0 Å². The van der Waals surface area contributed by atoms with Crippen molar-refractivity contribution in [3.05, 3.63) is 64.7 Å². The fraction of sp³-hybridized carbons (Fsp3) is 0.348. The molecule has 4 heteroatoms. The van der Waals surface area contributed by atoms with E-state index >= 15 is 0 Å². The number of carbonyl (C=O) groups excluding carboxylic acids is 1. The number of nitrogens with one attached hydrogen (secondary N) is 1. The summed E-state index contributed by atoms with van der Waals surface area (Å²) < 4.78 is 10.8. The molecule has 0 aliphatic carbocycles. The lowest BCUT2D eigenvalue weighted by Gasteiger charge is -2.23. The van der Waals surface area contributed by atoms with Crippen LogP contribution in [-0.4, -0.2) is 26.5 Å². The Morgan fingerprint density at radius 1 is 1.04 bits per heavy atom. The van der Waals surface area contributed by atoms with Crippen molar-refractivity contribution in [3.8, 4) is 11.5 Å². The number of fused-ring (bicyclic) bond motifs is 1. The van der Waals surface area contributed by atoms with Crippen molar-refractivity contribution >= 4 is 11.5 Å². The van der Waals surface area contributed by atoms with E-state index in [9.17, 15) is 4.79 Å². The molecule has 1 aliphatic heterocycles. The first-order valence-electron chi connectivity index (χ1n) is 9.19. The Hall–Kier alpha value is -2.75. The third-order valence-corrected chi connectivity index (χ3v) is 4.92. The van der Waals surface area contributed by atoms with Crippen LogP contribution < -0.4 is 14.8 Å². The SMILES string of the molecule is COc1cc2c(cc1OC)/C(=C/C(=O)c1ccc(C(C)(C)C)cc1)NCC2. The summed E-state index contributed by atoms with van der Waals surface area (Å²) >= 11 is 0. The van der Waals surface area contributed by atoms with Crippen LogP contribution in [0.2, 0.25) is 0 Å². The molecule has 0 aromatic heterocycles. The second kappa shape index (κ2) is 7.47. The number of benzene rings is 2. The lowest BCUT2D eigenvalue weighted by Crippen LogP contribution is -2.23. The van der Waals surface area contributed by atoms with Crippen LogP contribution in [0.1, 0.15) is 47.8 Å². The Kier molecular flexibility index (Phi) is 5.26. The van der Waals surface area contributed by atoms with Crippen molar-refractivity contribution in [3.63, 3.8) is 0 Å². The zero-order valence-electron chi connectivity index (χ0n) is 16.7. The Balaban J connectivity index is 1.93. The molecule has 0 bridgehead atoms. The van der Waals surface area contributed by atoms with Crippen molar-refractivity contribution in [2.75, 3.05) is 20.8 Å². The molecular formula is C23H27NO3. The third-order valence-electron chi connectivity index (χ3n) is 4.92. The summed E-state index contributed by atoms with van der Waals surface area (Å²) in [7, 11) is 3.25. The number of hydrogen-bond donors (Lipinski definition) is 1. The molecule has 1 heterocycles. The molecule has 0 radical (unpaired) electrons. The minimum absolute atomic E-state index is 0.0133. The first-order valence-corrected chi connectivity index (χ1v) is 9.19. The van der Waals surface area contributed by atoms with Gasteiger partial charge in [0.15, 0.2) is 17.3 Å². The molecule has 3 rings (SSSR count). The quantitative estimate of drug-likeness (QED) is 0.646. The van der Waals surface area contributed by atoms with Gasteiger partial charge in [0.25, 0.3) is 0 Å². The molecule has 0 saturated carbocycles. The van der Waals surface area contributed by atoms with E-state index in [0.29, 0.717) is 17.1 Å². The summed E-state index contributed by atoms with van der Waals surface area (Å²) in [6.45, 7) is 7.27. The maximum atomic E-state index is 12.8. The standard InChI is InChI=1S/C23H27NO3/c1-23(2,3)17-8-6-15(7-9-17)20(25)14-19-18-13-22(27-5)21(26-4)12-16(18)10-11-24-19/h6-9,12-14,24H,10-11H2,1-5H3/b19-14-. The zero-order valence-corrected chi connectivity index (χ0v) is 16.7. The summed E-state index contributed by atoms with van der Waals surface area (Å²) in [5, 5.41) is 3.34. The number of ether oxygens (including phenoxy) is 2. The summed E-state index contributed by atoms with van der Waals surface area (Å²) in [5.74, 6) is 1.36. The predicted molar refractivity (Wildman–Crippen MR) is 109 cm³/mol. The van der Waals surface area contributed by atoms with Gasteiger partial charge >= 0.3 is 0 Å². The molecule has 2 aromatic rings. The number of ketones is 1. The third kappa shape index (κ3) is 4.00. The highest BCUT2D eigenvalue weighted by molar-refractivity contribution is 6.08. The molecule has 2 aromatic carbocycles. The van der Waals surface area contributed by atoms with Crippen LogP contribution >= 0.6 is 0 Å². The Bertz CT molecular complexity index is 874. The second-order valence-corrected chi connectivity index (χ2v) is 7.79. The predicted octanol–water partition coefficient (Wildman–Crippen LogP) is 4.37. The first-order chi connectivity index (χ1) is 12.8. The van der Waals surface area contributed by atoms with Gasteiger partial charge in [0.2, 0.25) is 0 Å². The van der Waals surface area contributed by atoms with E-state index in [0.717, 1.165) is 29.8 Å². The van der Waals surface area contributed by atoms with Crippen LogP contribution in [0.25, 0.3) is 5.70 Å². The van der Waals surface area contributed by atoms with Gasteiger partial charge in [-0.3, -0.25) is 4.79 Å². The monoisotopic (exact) mass is 365 g/mol. The van der Waals surface area contributed by atoms with Gasteiger partial charge in [-0.25, -0.2) is 0 Å². The van der Waals surface area contributed by atoms with Gasteiger partial charge in [-0.15, -0.1) is 0 Å². The van der Waals surface area contributed by atoms with Crippen LogP contribution in [0.3, 0.4) is 0 Å². The molecule has 0 spiro atoms. The van der Waals surface area contributed by atoms with E-state index in [-0.39, 0.29) is 11.2 Å². The van der Waals surface area contributed by atoms with Crippen LogP contribution in [0.5, 0.6) is 11.5 Å². The van der Waals surface area contributed by atoms with E-state index in [2.05, 4.69) is 26.1 Å². The average molecular weight is 365 g/mol. The lowest BCUT2D eigenvalue weighted by atomic mass is 9.86. The highest BCUT2D eigenvalue weighted by Crippen LogP contribution is 2.35. The van der Waals surface area contributed by atoms with Crippen molar-refractivity contribution < 1.29 is 14.3 Å². The van der Waals surface area contributed by atoms with E-state index in [1.807, 2.05) is 36.4 Å². The number of allylic oxidation sites excluding steroid dienone is 1. The lowest BCUT2D eigenvalue weighted by molar-refractivity contribution is 0.104. The zero-order chi connectivity index (χ0) is 19.6. The van der Waals surface area contributed by atoms with E-state index in [1.165, 1.54) is 5.56 Å². The second-order valence-electron chi connectivity index (χ2n) is 7.79. The molecule has 0 unspecified atom stereocenters. The van der Waals surface area contributed by atoms with Crippen LogP contribution in [0.15, 0.2) is 42.5 Å². The smallest absolute Gasteiger partial charge is 0.187 e. The van der Waals surface area contributed by atoms with Crippen molar-refractivity contribution in [1.82, 2.24) is 5.32 Å². The number of hydrogen-bond acceptors (Lipinski definition) is 4. The van der Waals surface area contributed by atoms with E-state index in [4.69, 9.17) is 9.47 Å². The summed E-state index contributed by atoms with van der Waals surface area (Å²) in [4.78, 5) is 12.8. The molecule has 1 aliphatic rings. The van der Waals surface area contributed by atoms with Crippen LogP contribution in [0, 0.1) is 0 Å². The van der Waals surface area contributed by atoms with E-state index < -0.39 is 0 Å². The highest BCUT2D eigenvalue weighted by atomic mass is 16.5. The minimum Gasteiger partial charge on any atom is -0.493 e. The van der Waals surface area contributed by atoms with Crippen molar-refractivity contribution in [1.29, 1.82) is 0 Å². The summed E-state index contributed by atoms with van der Waals surface area (Å²) in [5.41, 5.74) is 4.92.